The van der Waals surface area contributed by atoms with E-state index in [2.05, 4.69) is 55.0 Å². The molecular weight excluding hydrogens is 262 g/mol. The predicted molar refractivity (Wildman–Crippen MR) is 89.6 cm³/mol. The van der Waals surface area contributed by atoms with Gasteiger partial charge in [0.1, 0.15) is 5.82 Å². The summed E-state index contributed by atoms with van der Waals surface area (Å²) in [6, 6.07) is 0. The molecule has 5 nitrogen and oxygen atoms in total. The molecule has 21 heavy (non-hydrogen) atoms. The van der Waals surface area contributed by atoms with E-state index < -0.39 is 0 Å². The van der Waals surface area contributed by atoms with E-state index in [1.807, 2.05) is 12.4 Å². The number of aromatic nitrogens is 2. The second-order valence-electron chi connectivity index (χ2n) is 6.18. The van der Waals surface area contributed by atoms with Crippen molar-refractivity contribution in [2.24, 2.45) is 5.92 Å². The van der Waals surface area contributed by atoms with Gasteiger partial charge >= 0.3 is 0 Å². The van der Waals surface area contributed by atoms with Crippen molar-refractivity contribution in [3.8, 4) is 0 Å². The van der Waals surface area contributed by atoms with Crippen molar-refractivity contribution in [3.63, 3.8) is 0 Å². The van der Waals surface area contributed by atoms with Crippen LogP contribution in [-0.4, -0.2) is 55.1 Å². The van der Waals surface area contributed by atoms with Gasteiger partial charge in [-0.05, 0) is 33.0 Å². The lowest BCUT2D eigenvalue weighted by atomic mass is 10.2. The first-order valence-corrected chi connectivity index (χ1v) is 7.94. The molecule has 0 saturated carbocycles. The minimum absolute atomic E-state index is 0.651. The van der Waals surface area contributed by atoms with Gasteiger partial charge in [-0.25, -0.2) is 4.98 Å². The van der Waals surface area contributed by atoms with Crippen molar-refractivity contribution in [1.29, 1.82) is 0 Å². The molecule has 0 aliphatic carbocycles. The first-order chi connectivity index (χ1) is 10.0. The van der Waals surface area contributed by atoms with Crippen molar-refractivity contribution >= 4 is 5.82 Å². The van der Waals surface area contributed by atoms with Crippen molar-refractivity contribution in [2.75, 3.05) is 45.2 Å². The minimum Gasteiger partial charge on any atom is -0.354 e. The third-order valence-corrected chi connectivity index (χ3v) is 3.17. The average Bonchev–Trinajstić information content (AvgIpc) is 2.43. The Bertz CT molecular complexity index is 392. The fourth-order valence-corrected chi connectivity index (χ4v) is 2.05. The maximum absolute atomic E-state index is 4.75. The average molecular weight is 293 g/mol. The van der Waals surface area contributed by atoms with Crippen LogP contribution in [0.15, 0.2) is 12.4 Å². The SMILES string of the molecule is CCCN(CCN(C)C)c1cncc(CNCC(C)C)n1. The van der Waals surface area contributed by atoms with E-state index in [1.165, 1.54) is 0 Å². The van der Waals surface area contributed by atoms with Crippen LogP contribution in [-0.2, 0) is 6.54 Å². The largest absolute Gasteiger partial charge is 0.354 e. The van der Waals surface area contributed by atoms with E-state index in [9.17, 15) is 0 Å². The van der Waals surface area contributed by atoms with Crippen LogP contribution >= 0.6 is 0 Å². The van der Waals surface area contributed by atoms with Gasteiger partial charge in [0.15, 0.2) is 0 Å². The summed E-state index contributed by atoms with van der Waals surface area (Å²) in [5, 5.41) is 3.42. The second kappa shape index (κ2) is 9.68. The maximum Gasteiger partial charge on any atom is 0.147 e. The summed E-state index contributed by atoms with van der Waals surface area (Å²) < 4.78 is 0. The van der Waals surface area contributed by atoms with E-state index in [0.29, 0.717) is 5.92 Å². The van der Waals surface area contributed by atoms with Crippen LogP contribution in [0.4, 0.5) is 5.82 Å². The number of hydrogen-bond donors (Lipinski definition) is 1. The highest BCUT2D eigenvalue weighted by Gasteiger charge is 2.09. The quantitative estimate of drug-likeness (QED) is 0.715. The predicted octanol–water partition coefficient (Wildman–Crippen LogP) is 2.00. The van der Waals surface area contributed by atoms with Crippen LogP contribution in [0.3, 0.4) is 0 Å². The molecule has 0 bridgehead atoms. The van der Waals surface area contributed by atoms with Gasteiger partial charge in [0.25, 0.3) is 0 Å². The van der Waals surface area contributed by atoms with E-state index in [4.69, 9.17) is 4.98 Å². The molecule has 0 amide bonds. The summed E-state index contributed by atoms with van der Waals surface area (Å²) in [6.45, 7) is 11.4. The molecule has 0 atom stereocenters. The van der Waals surface area contributed by atoms with Crippen LogP contribution in [0.2, 0.25) is 0 Å². The number of likely N-dealkylation sites (N-methyl/N-ethyl adjacent to an activating group) is 1. The first-order valence-electron chi connectivity index (χ1n) is 7.94. The van der Waals surface area contributed by atoms with Crippen molar-refractivity contribution in [2.45, 2.75) is 33.7 Å². The molecule has 120 valence electrons. The van der Waals surface area contributed by atoms with E-state index in [1.54, 1.807) is 0 Å². The molecule has 1 heterocycles. The van der Waals surface area contributed by atoms with Gasteiger partial charge in [0, 0.05) is 32.4 Å². The highest BCUT2D eigenvalue weighted by Crippen LogP contribution is 2.10. The lowest BCUT2D eigenvalue weighted by Crippen LogP contribution is -2.33. The van der Waals surface area contributed by atoms with E-state index >= 15 is 0 Å². The van der Waals surface area contributed by atoms with Crippen LogP contribution in [0.5, 0.6) is 0 Å². The standard InChI is InChI=1S/C16H31N5/c1-6-7-21(9-8-20(4)5)16-13-18-12-15(19-16)11-17-10-14(2)3/h12-14,17H,6-11H2,1-5H3. The molecule has 0 aliphatic heterocycles. The number of hydrogen-bond acceptors (Lipinski definition) is 5. The number of nitrogens with zero attached hydrogens (tertiary/aromatic N) is 4. The normalized spacial score (nSPS) is 11.4. The van der Waals surface area contributed by atoms with Gasteiger partial charge in [-0.3, -0.25) is 4.98 Å². The Morgan fingerprint density at radius 2 is 1.90 bits per heavy atom. The molecular formula is C16H31N5. The zero-order valence-corrected chi connectivity index (χ0v) is 14.3. The molecule has 0 fully saturated rings. The minimum atomic E-state index is 0.651. The molecule has 0 radical (unpaired) electrons. The number of rotatable bonds is 10. The summed E-state index contributed by atoms with van der Waals surface area (Å²) >= 11 is 0. The molecule has 0 aliphatic rings. The third kappa shape index (κ3) is 7.39. The Kier molecular flexibility index (Phi) is 8.23. The molecule has 0 spiro atoms. The molecule has 0 saturated heterocycles. The lowest BCUT2D eigenvalue weighted by Gasteiger charge is -2.25. The van der Waals surface area contributed by atoms with Gasteiger partial charge in [0.05, 0.1) is 11.9 Å². The topological polar surface area (TPSA) is 44.3 Å². The van der Waals surface area contributed by atoms with Gasteiger partial charge in [0.2, 0.25) is 0 Å². The summed E-state index contributed by atoms with van der Waals surface area (Å²) in [6.07, 6.45) is 4.84. The zero-order valence-electron chi connectivity index (χ0n) is 14.3. The van der Waals surface area contributed by atoms with Gasteiger partial charge in [-0.2, -0.15) is 0 Å². The lowest BCUT2D eigenvalue weighted by molar-refractivity contribution is 0.412. The monoisotopic (exact) mass is 293 g/mol. The summed E-state index contributed by atoms with van der Waals surface area (Å²) in [5.74, 6) is 1.64. The van der Waals surface area contributed by atoms with Crippen LogP contribution < -0.4 is 10.2 Å². The Morgan fingerprint density at radius 1 is 1.14 bits per heavy atom. The number of nitrogens with one attached hydrogen (secondary N) is 1. The Hall–Kier alpha value is -1.20. The Balaban J connectivity index is 2.65. The highest BCUT2D eigenvalue weighted by molar-refractivity contribution is 5.36. The Labute approximate surface area is 129 Å². The van der Waals surface area contributed by atoms with Crippen molar-refractivity contribution in [3.05, 3.63) is 18.1 Å². The van der Waals surface area contributed by atoms with Crippen molar-refractivity contribution < 1.29 is 0 Å². The fraction of sp³-hybridized carbons (Fsp3) is 0.750. The first kappa shape index (κ1) is 17.9. The smallest absolute Gasteiger partial charge is 0.147 e. The van der Waals surface area contributed by atoms with Crippen LogP contribution in [0.25, 0.3) is 0 Å². The maximum atomic E-state index is 4.75. The van der Waals surface area contributed by atoms with Crippen molar-refractivity contribution in [1.82, 2.24) is 20.2 Å². The summed E-state index contributed by atoms with van der Waals surface area (Å²) in [5.41, 5.74) is 1.01. The fourth-order valence-electron chi connectivity index (χ4n) is 2.05. The van der Waals surface area contributed by atoms with E-state index in [0.717, 1.165) is 50.7 Å². The third-order valence-electron chi connectivity index (χ3n) is 3.17. The van der Waals surface area contributed by atoms with Gasteiger partial charge < -0.3 is 15.1 Å². The zero-order chi connectivity index (χ0) is 15.7. The highest BCUT2D eigenvalue weighted by atomic mass is 15.2. The van der Waals surface area contributed by atoms with Crippen LogP contribution in [0.1, 0.15) is 32.9 Å². The molecule has 1 aromatic rings. The summed E-state index contributed by atoms with van der Waals surface area (Å²) in [4.78, 5) is 13.6. The van der Waals surface area contributed by atoms with Gasteiger partial charge in [-0.1, -0.05) is 20.8 Å². The molecule has 5 heteroatoms. The van der Waals surface area contributed by atoms with Gasteiger partial charge in [-0.15, -0.1) is 0 Å². The second-order valence-corrected chi connectivity index (χ2v) is 6.18. The molecule has 1 rings (SSSR count). The molecule has 0 aromatic carbocycles. The Morgan fingerprint density at radius 3 is 2.52 bits per heavy atom. The van der Waals surface area contributed by atoms with Crippen LogP contribution in [0, 0.1) is 5.92 Å². The number of anilines is 1. The summed E-state index contributed by atoms with van der Waals surface area (Å²) in [7, 11) is 4.20. The molecule has 1 aromatic heterocycles. The van der Waals surface area contributed by atoms with E-state index in [-0.39, 0.29) is 0 Å². The molecule has 1 N–H and O–H groups in total. The molecule has 0 unspecified atom stereocenters.